The van der Waals surface area contributed by atoms with Crippen molar-refractivity contribution in [2.24, 2.45) is 17.7 Å². The van der Waals surface area contributed by atoms with Gasteiger partial charge < -0.3 is 0 Å². The summed E-state index contributed by atoms with van der Waals surface area (Å²) in [5.74, 6) is 6.73. The zero-order valence-corrected chi connectivity index (χ0v) is 11.7. The highest BCUT2D eigenvalue weighted by Gasteiger charge is 2.19. The molecule has 16 heavy (non-hydrogen) atoms. The molecule has 1 rings (SSSR count). The van der Waals surface area contributed by atoms with Crippen LogP contribution in [0.1, 0.15) is 26.5 Å². The van der Waals surface area contributed by atoms with Gasteiger partial charge in [0.25, 0.3) is 0 Å². The average Bonchev–Trinajstić information content (AvgIpc) is 2.27. The van der Waals surface area contributed by atoms with Gasteiger partial charge in [-0.05, 0) is 39.9 Å². The number of aromatic nitrogens is 1. The van der Waals surface area contributed by atoms with Gasteiger partial charge in [-0.15, -0.1) is 0 Å². The predicted molar refractivity (Wildman–Crippen MR) is 70.8 cm³/mol. The number of nitrogens with one attached hydrogen (secondary N) is 1. The van der Waals surface area contributed by atoms with E-state index >= 15 is 0 Å². The molecule has 0 saturated heterocycles. The van der Waals surface area contributed by atoms with Gasteiger partial charge in [0.15, 0.2) is 0 Å². The van der Waals surface area contributed by atoms with Gasteiger partial charge in [0, 0.05) is 28.8 Å². The van der Waals surface area contributed by atoms with Crippen LogP contribution in [0.3, 0.4) is 0 Å². The van der Waals surface area contributed by atoms with E-state index in [1.807, 2.05) is 18.3 Å². The minimum Gasteiger partial charge on any atom is -0.271 e. The summed E-state index contributed by atoms with van der Waals surface area (Å²) in [5.41, 5.74) is 3.96. The Morgan fingerprint density at radius 2 is 2.06 bits per heavy atom. The zero-order chi connectivity index (χ0) is 12.1. The largest absolute Gasteiger partial charge is 0.271 e. The number of nitrogens with zero attached hydrogens (tertiary/aromatic N) is 1. The first kappa shape index (κ1) is 13.6. The molecule has 0 bridgehead atoms. The number of hydrogen-bond donors (Lipinski definition) is 2. The number of nitrogens with two attached hydrogens (primary N) is 1. The average molecular weight is 286 g/mol. The van der Waals surface area contributed by atoms with E-state index in [0.717, 1.165) is 16.6 Å². The molecule has 1 aromatic heterocycles. The summed E-state index contributed by atoms with van der Waals surface area (Å²) in [7, 11) is 0. The Kier molecular flexibility index (Phi) is 5.38. The molecular weight excluding hydrogens is 266 g/mol. The second-order valence-electron chi connectivity index (χ2n) is 4.55. The third-order valence-electron chi connectivity index (χ3n) is 3.12. The molecule has 0 radical (unpaired) electrons. The molecule has 0 aliphatic heterocycles. The summed E-state index contributed by atoms with van der Waals surface area (Å²) in [6, 6.07) is 4.31. The molecule has 90 valence electrons. The van der Waals surface area contributed by atoms with Crippen LogP contribution in [0.5, 0.6) is 0 Å². The van der Waals surface area contributed by atoms with Gasteiger partial charge >= 0.3 is 0 Å². The quantitative estimate of drug-likeness (QED) is 0.646. The lowest BCUT2D eigenvalue weighted by Gasteiger charge is -2.26. The first-order valence-electron chi connectivity index (χ1n) is 5.61. The van der Waals surface area contributed by atoms with Gasteiger partial charge in [0.05, 0.1) is 0 Å². The van der Waals surface area contributed by atoms with Crippen LogP contribution in [0.4, 0.5) is 0 Å². The van der Waals surface area contributed by atoms with Gasteiger partial charge in [-0.25, -0.2) is 0 Å². The van der Waals surface area contributed by atoms with Crippen molar-refractivity contribution in [1.29, 1.82) is 0 Å². The minimum absolute atomic E-state index is 0.272. The first-order valence-corrected chi connectivity index (χ1v) is 6.40. The fourth-order valence-electron chi connectivity index (χ4n) is 1.61. The third kappa shape index (κ3) is 3.85. The molecule has 3 N–H and O–H groups in total. The number of pyridine rings is 1. The van der Waals surface area contributed by atoms with Crippen LogP contribution in [-0.2, 0) is 6.42 Å². The summed E-state index contributed by atoms with van der Waals surface area (Å²) in [6.45, 7) is 6.64. The van der Waals surface area contributed by atoms with E-state index in [1.54, 1.807) is 0 Å². The van der Waals surface area contributed by atoms with E-state index < -0.39 is 0 Å². The fraction of sp³-hybridized carbons (Fsp3) is 0.583. The molecule has 2 atom stereocenters. The Labute approximate surface area is 106 Å². The highest BCUT2D eigenvalue weighted by atomic mass is 79.9. The summed E-state index contributed by atoms with van der Waals surface area (Å²) < 4.78 is 1.01. The molecule has 0 saturated carbocycles. The Balaban J connectivity index is 2.66. The van der Waals surface area contributed by atoms with Crippen molar-refractivity contribution >= 4 is 15.9 Å². The van der Waals surface area contributed by atoms with Crippen molar-refractivity contribution in [2.45, 2.75) is 33.2 Å². The lowest BCUT2D eigenvalue weighted by atomic mass is 9.88. The van der Waals surface area contributed by atoms with Gasteiger partial charge in [-0.2, -0.15) is 0 Å². The number of rotatable bonds is 5. The molecule has 4 heteroatoms. The smallest absolute Gasteiger partial charge is 0.0420 e. The second-order valence-corrected chi connectivity index (χ2v) is 5.46. The molecule has 0 amide bonds. The molecular formula is C12H20BrN3. The standard InChI is InChI=1S/C12H20BrN3/c1-8(2)9(3)12(16-14)6-11-5-4-10(13)7-15-11/h4-5,7-9,12,16H,6,14H2,1-3H3. The highest BCUT2D eigenvalue weighted by molar-refractivity contribution is 9.10. The van der Waals surface area contributed by atoms with Crippen LogP contribution < -0.4 is 11.3 Å². The van der Waals surface area contributed by atoms with Crippen molar-refractivity contribution < 1.29 is 0 Å². The summed E-state index contributed by atoms with van der Waals surface area (Å²) in [4.78, 5) is 4.37. The Morgan fingerprint density at radius 3 is 2.50 bits per heavy atom. The molecule has 0 aliphatic rings. The second kappa shape index (κ2) is 6.33. The van der Waals surface area contributed by atoms with Crippen molar-refractivity contribution in [3.05, 3.63) is 28.5 Å². The zero-order valence-electron chi connectivity index (χ0n) is 10.1. The van der Waals surface area contributed by atoms with E-state index in [0.29, 0.717) is 11.8 Å². The molecule has 0 spiro atoms. The lowest BCUT2D eigenvalue weighted by molar-refractivity contribution is 0.298. The van der Waals surface area contributed by atoms with Gasteiger partial charge in [-0.1, -0.05) is 20.8 Å². The fourth-order valence-corrected chi connectivity index (χ4v) is 1.85. The molecule has 0 aliphatic carbocycles. The van der Waals surface area contributed by atoms with Crippen LogP contribution in [0.25, 0.3) is 0 Å². The molecule has 1 aromatic rings. The third-order valence-corrected chi connectivity index (χ3v) is 3.59. The van der Waals surface area contributed by atoms with Crippen LogP contribution >= 0.6 is 15.9 Å². The van der Waals surface area contributed by atoms with Crippen molar-refractivity contribution in [2.75, 3.05) is 0 Å². The maximum Gasteiger partial charge on any atom is 0.0420 e. The van der Waals surface area contributed by atoms with E-state index in [9.17, 15) is 0 Å². The first-order chi connectivity index (χ1) is 7.54. The van der Waals surface area contributed by atoms with Gasteiger partial charge in [0.2, 0.25) is 0 Å². The van der Waals surface area contributed by atoms with Crippen LogP contribution in [0.15, 0.2) is 22.8 Å². The van der Waals surface area contributed by atoms with Crippen LogP contribution in [0, 0.1) is 11.8 Å². The molecule has 1 heterocycles. The molecule has 0 aromatic carbocycles. The van der Waals surface area contributed by atoms with Crippen molar-refractivity contribution in [3.8, 4) is 0 Å². The Bertz CT molecular complexity index is 311. The number of hydrogen-bond acceptors (Lipinski definition) is 3. The SMILES string of the molecule is CC(C)C(C)C(Cc1ccc(Br)cn1)NN. The molecule has 3 nitrogen and oxygen atoms in total. The van der Waals surface area contributed by atoms with E-state index in [-0.39, 0.29) is 6.04 Å². The normalized spacial score (nSPS) is 15.1. The van der Waals surface area contributed by atoms with Crippen molar-refractivity contribution in [3.63, 3.8) is 0 Å². The van der Waals surface area contributed by atoms with E-state index in [2.05, 4.69) is 47.1 Å². The number of hydrazine groups is 1. The summed E-state index contributed by atoms with van der Waals surface area (Å²) >= 11 is 3.38. The maximum atomic E-state index is 5.60. The van der Waals surface area contributed by atoms with Crippen LogP contribution in [0.2, 0.25) is 0 Å². The predicted octanol–water partition coefficient (Wildman–Crippen LogP) is 2.51. The Hall–Kier alpha value is -0.450. The monoisotopic (exact) mass is 285 g/mol. The lowest BCUT2D eigenvalue weighted by Crippen LogP contribution is -2.43. The summed E-state index contributed by atoms with van der Waals surface area (Å²) in [5, 5.41) is 0. The topological polar surface area (TPSA) is 50.9 Å². The maximum absolute atomic E-state index is 5.60. The van der Waals surface area contributed by atoms with E-state index in [1.165, 1.54) is 0 Å². The highest BCUT2D eigenvalue weighted by Crippen LogP contribution is 2.17. The Morgan fingerprint density at radius 1 is 1.38 bits per heavy atom. The van der Waals surface area contributed by atoms with Gasteiger partial charge in [0.1, 0.15) is 0 Å². The van der Waals surface area contributed by atoms with Crippen molar-refractivity contribution in [1.82, 2.24) is 10.4 Å². The number of halogens is 1. The molecule has 2 unspecified atom stereocenters. The van der Waals surface area contributed by atoms with Crippen LogP contribution in [-0.4, -0.2) is 11.0 Å². The van der Waals surface area contributed by atoms with Gasteiger partial charge in [-0.3, -0.25) is 16.3 Å². The minimum atomic E-state index is 0.272. The molecule has 0 fully saturated rings. The van der Waals surface area contributed by atoms with E-state index in [4.69, 9.17) is 5.84 Å². The summed E-state index contributed by atoms with van der Waals surface area (Å²) in [6.07, 6.45) is 2.69.